The highest BCUT2D eigenvalue weighted by molar-refractivity contribution is 5.30. The Morgan fingerprint density at radius 3 is 3.17 bits per heavy atom. The molecule has 1 aromatic carbocycles. The van der Waals surface area contributed by atoms with Gasteiger partial charge in [-0.1, -0.05) is 13.0 Å². The van der Waals surface area contributed by atoms with Crippen molar-refractivity contribution >= 4 is 0 Å². The van der Waals surface area contributed by atoms with Gasteiger partial charge in [0.15, 0.2) is 0 Å². The van der Waals surface area contributed by atoms with Gasteiger partial charge in [-0.15, -0.1) is 0 Å². The molecule has 1 unspecified atom stereocenters. The maximum Gasteiger partial charge on any atom is 0.123 e. The third-order valence-electron chi connectivity index (χ3n) is 2.28. The standard InChI is InChI=1S/C11H13F/c1-8-2-3-10-7-11(12)5-4-9(10)6-8/h4-5,7-8H,2-3,6H2,1H3/i3D2. The lowest BCUT2D eigenvalue weighted by atomic mass is 9.85. The molecule has 0 aliphatic heterocycles. The summed E-state index contributed by atoms with van der Waals surface area (Å²) in [5, 5.41) is 0. The predicted octanol–water partition coefficient (Wildman–Crippen LogP) is 2.95. The van der Waals surface area contributed by atoms with Crippen molar-refractivity contribution in [1.82, 2.24) is 0 Å². The summed E-state index contributed by atoms with van der Waals surface area (Å²) in [7, 11) is 0. The van der Waals surface area contributed by atoms with Crippen LogP contribution < -0.4 is 0 Å². The monoisotopic (exact) mass is 166 g/mol. The Labute approximate surface area is 75.2 Å². The van der Waals surface area contributed by atoms with Crippen LogP contribution in [-0.4, -0.2) is 0 Å². The van der Waals surface area contributed by atoms with E-state index in [0.29, 0.717) is 17.9 Å². The maximum absolute atomic E-state index is 13.0. The van der Waals surface area contributed by atoms with Gasteiger partial charge in [0.05, 0.1) is 0 Å². The SMILES string of the molecule is [2H]C1([2H])CC(C)Cc2ccc(F)cc21. The molecule has 1 heteroatoms. The molecule has 0 amide bonds. The number of fused-ring (bicyclic) bond motifs is 1. The molecule has 1 atom stereocenters. The van der Waals surface area contributed by atoms with Crippen LogP contribution in [0.3, 0.4) is 0 Å². The Kier molecular flexibility index (Phi) is 1.38. The van der Waals surface area contributed by atoms with Crippen LogP contribution in [0, 0.1) is 11.7 Å². The minimum Gasteiger partial charge on any atom is -0.207 e. The third-order valence-corrected chi connectivity index (χ3v) is 2.28. The predicted molar refractivity (Wildman–Crippen MR) is 47.6 cm³/mol. The van der Waals surface area contributed by atoms with Gasteiger partial charge >= 0.3 is 0 Å². The number of halogens is 1. The first-order chi connectivity index (χ1) is 6.49. The quantitative estimate of drug-likeness (QED) is 0.556. The molecule has 0 spiro atoms. The first-order valence-electron chi connectivity index (χ1n) is 5.28. The van der Waals surface area contributed by atoms with E-state index < -0.39 is 6.37 Å². The lowest BCUT2D eigenvalue weighted by Crippen LogP contribution is -2.11. The summed E-state index contributed by atoms with van der Waals surface area (Å²) >= 11 is 0. The second-order valence-corrected chi connectivity index (χ2v) is 3.49. The van der Waals surface area contributed by atoms with E-state index in [1.54, 1.807) is 6.07 Å². The molecule has 2 rings (SSSR count). The highest BCUT2D eigenvalue weighted by Gasteiger charge is 2.14. The molecular formula is C11H13F. The molecule has 64 valence electrons. The van der Waals surface area contributed by atoms with Crippen molar-refractivity contribution in [1.29, 1.82) is 0 Å². The van der Waals surface area contributed by atoms with Gasteiger partial charge in [0.2, 0.25) is 0 Å². The molecule has 0 fully saturated rings. The summed E-state index contributed by atoms with van der Waals surface area (Å²) in [6, 6.07) is 4.45. The molecule has 0 saturated heterocycles. The maximum atomic E-state index is 13.0. The van der Waals surface area contributed by atoms with Crippen LogP contribution in [0.2, 0.25) is 0 Å². The van der Waals surface area contributed by atoms with E-state index in [4.69, 9.17) is 2.74 Å². The first kappa shape index (κ1) is 5.74. The molecule has 0 saturated carbocycles. The van der Waals surface area contributed by atoms with Crippen molar-refractivity contribution in [2.24, 2.45) is 5.92 Å². The van der Waals surface area contributed by atoms with E-state index in [9.17, 15) is 4.39 Å². The van der Waals surface area contributed by atoms with Crippen molar-refractivity contribution in [3.63, 3.8) is 0 Å². The molecule has 0 radical (unpaired) electrons. The fourth-order valence-electron chi connectivity index (χ4n) is 1.62. The largest absolute Gasteiger partial charge is 0.207 e. The first-order valence-corrected chi connectivity index (χ1v) is 4.28. The Hall–Kier alpha value is -0.850. The summed E-state index contributed by atoms with van der Waals surface area (Å²) < 4.78 is 28.6. The van der Waals surface area contributed by atoms with Crippen molar-refractivity contribution in [3.8, 4) is 0 Å². The van der Waals surface area contributed by atoms with E-state index >= 15 is 0 Å². The Balaban J connectivity index is 2.53. The van der Waals surface area contributed by atoms with Crippen LogP contribution in [0.4, 0.5) is 4.39 Å². The molecule has 0 heterocycles. The van der Waals surface area contributed by atoms with Crippen LogP contribution in [0.5, 0.6) is 0 Å². The van der Waals surface area contributed by atoms with Gasteiger partial charge in [0.25, 0.3) is 0 Å². The van der Waals surface area contributed by atoms with Crippen LogP contribution in [0.1, 0.15) is 27.2 Å². The minimum absolute atomic E-state index is 0.336. The lowest BCUT2D eigenvalue weighted by Gasteiger charge is -2.20. The normalized spacial score (nSPS) is 28.7. The zero-order valence-corrected chi connectivity index (χ0v) is 7.10. The summed E-state index contributed by atoms with van der Waals surface area (Å²) in [4.78, 5) is 0. The van der Waals surface area contributed by atoms with Crippen molar-refractivity contribution < 1.29 is 7.13 Å². The molecular weight excluding hydrogens is 151 g/mol. The number of hydrogen-bond acceptors (Lipinski definition) is 0. The van der Waals surface area contributed by atoms with Gasteiger partial charge in [-0.25, -0.2) is 4.39 Å². The molecule has 0 bridgehead atoms. The van der Waals surface area contributed by atoms with Crippen LogP contribution in [0.25, 0.3) is 0 Å². The van der Waals surface area contributed by atoms with Crippen molar-refractivity contribution in [2.75, 3.05) is 0 Å². The average Bonchev–Trinajstić information content (AvgIpc) is 2.05. The third kappa shape index (κ3) is 1.36. The van der Waals surface area contributed by atoms with E-state index in [1.165, 1.54) is 12.1 Å². The number of benzene rings is 1. The Bertz CT molecular complexity index is 360. The zero-order chi connectivity index (χ0) is 10.3. The van der Waals surface area contributed by atoms with E-state index in [-0.39, 0.29) is 5.82 Å². The highest BCUT2D eigenvalue weighted by Crippen LogP contribution is 2.25. The van der Waals surface area contributed by atoms with Gasteiger partial charge in [-0.05, 0) is 48.4 Å². The van der Waals surface area contributed by atoms with Crippen LogP contribution in [0.15, 0.2) is 18.2 Å². The smallest absolute Gasteiger partial charge is 0.123 e. The van der Waals surface area contributed by atoms with E-state index in [2.05, 4.69) is 0 Å². The second-order valence-electron chi connectivity index (χ2n) is 3.49. The Morgan fingerprint density at radius 1 is 1.50 bits per heavy atom. The number of rotatable bonds is 0. The van der Waals surface area contributed by atoms with Crippen molar-refractivity contribution in [3.05, 3.63) is 35.1 Å². The number of hydrogen-bond donors (Lipinski definition) is 0. The summed E-state index contributed by atoms with van der Waals surface area (Å²) in [5.74, 6) is -0.00913. The van der Waals surface area contributed by atoms with Gasteiger partial charge < -0.3 is 0 Å². The fraction of sp³-hybridized carbons (Fsp3) is 0.455. The topological polar surface area (TPSA) is 0 Å². The highest BCUT2D eigenvalue weighted by atomic mass is 19.1. The van der Waals surface area contributed by atoms with Gasteiger partial charge in [0, 0.05) is 2.74 Å². The van der Waals surface area contributed by atoms with E-state index in [1.807, 2.05) is 6.92 Å². The molecule has 1 aliphatic carbocycles. The van der Waals surface area contributed by atoms with Crippen LogP contribution >= 0.6 is 0 Å². The van der Waals surface area contributed by atoms with Gasteiger partial charge in [-0.2, -0.15) is 0 Å². The summed E-state index contributed by atoms with van der Waals surface area (Å²) in [6.07, 6.45) is -0.0202. The number of aryl methyl sites for hydroxylation is 1. The lowest BCUT2D eigenvalue weighted by molar-refractivity contribution is 0.497. The summed E-state index contributed by atoms with van der Waals surface area (Å²) in [5.41, 5.74) is 1.49. The molecule has 0 aromatic heterocycles. The minimum atomic E-state index is -1.37. The van der Waals surface area contributed by atoms with Crippen molar-refractivity contribution in [2.45, 2.75) is 26.1 Å². The Morgan fingerprint density at radius 2 is 2.33 bits per heavy atom. The average molecular weight is 166 g/mol. The van der Waals surface area contributed by atoms with Gasteiger partial charge in [-0.3, -0.25) is 0 Å². The van der Waals surface area contributed by atoms with Crippen LogP contribution in [-0.2, 0) is 12.8 Å². The van der Waals surface area contributed by atoms with E-state index in [0.717, 1.165) is 12.0 Å². The molecule has 0 N–H and O–H groups in total. The van der Waals surface area contributed by atoms with Gasteiger partial charge in [0.1, 0.15) is 5.82 Å². The zero-order valence-electron chi connectivity index (χ0n) is 9.10. The molecule has 12 heavy (non-hydrogen) atoms. The second kappa shape index (κ2) is 2.89. The summed E-state index contributed by atoms with van der Waals surface area (Å²) in [6.45, 7) is 2.03. The molecule has 0 nitrogen and oxygen atoms in total. The molecule has 1 aliphatic rings. The fourth-order valence-corrected chi connectivity index (χ4v) is 1.62. The molecule has 1 aromatic rings.